The van der Waals surface area contributed by atoms with Crippen molar-refractivity contribution in [2.75, 3.05) is 18.0 Å². The number of nitrogens with zero attached hydrogens (tertiary/aromatic N) is 1. The number of Topliss-reactive ketones (excluding diaryl/α,β-unsaturated/α-hetero) is 1. The van der Waals surface area contributed by atoms with Crippen LogP contribution >= 0.6 is 11.3 Å². The lowest BCUT2D eigenvalue weighted by atomic mass is 9.93. The number of benzene rings is 1. The first-order chi connectivity index (χ1) is 10.0. The van der Waals surface area contributed by atoms with Crippen molar-refractivity contribution in [2.45, 2.75) is 27.2 Å². The van der Waals surface area contributed by atoms with Crippen molar-refractivity contribution in [2.24, 2.45) is 5.92 Å². The summed E-state index contributed by atoms with van der Waals surface area (Å²) < 4.78 is 0. The van der Waals surface area contributed by atoms with Crippen molar-refractivity contribution in [3.63, 3.8) is 0 Å². The normalized spacial score (nSPS) is 17.7. The molecule has 3 heteroatoms. The molecular weight excluding hydrogens is 278 g/mol. The summed E-state index contributed by atoms with van der Waals surface area (Å²) in [6, 6.07) is 10.5. The molecule has 1 aliphatic rings. The third kappa shape index (κ3) is 2.88. The second kappa shape index (κ2) is 5.64. The first-order valence-corrected chi connectivity index (χ1v) is 8.29. The van der Waals surface area contributed by atoms with Crippen LogP contribution in [0.2, 0.25) is 0 Å². The van der Waals surface area contributed by atoms with Gasteiger partial charge in [0.25, 0.3) is 0 Å². The predicted octanol–water partition coefficient (Wildman–Crippen LogP) is 4.25. The minimum Gasteiger partial charge on any atom is -0.363 e. The summed E-state index contributed by atoms with van der Waals surface area (Å²) in [5, 5.41) is 0. The van der Waals surface area contributed by atoms with Crippen LogP contribution < -0.4 is 4.90 Å². The summed E-state index contributed by atoms with van der Waals surface area (Å²) in [6.07, 6.45) is 1.11. The number of para-hydroxylation sites is 1. The van der Waals surface area contributed by atoms with E-state index in [-0.39, 0.29) is 5.78 Å². The standard InChI is InChI=1S/C18H21NOS/c1-12-8-15-6-4-5-7-17(15)19(10-12)11-18(20)16-9-13(2)21-14(16)3/h4-7,9,12H,8,10-11H2,1-3H3. The Morgan fingerprint density at radius 2 is 2.10 bits per heavy atom. The highest BCUT2D eigenvalue weighted by Gasteiger charge is 2.24. The van der Waals surface area contributed by atoms with E-state index in [1.807, 2.05) is 13.0 Å². The molecule has 0 bridgehead atoms. The van der Waals surface area contributed by atoms with E-state index in [9.17, 15) is 4.79 Å². The maximum absolute atomic E-state index is 12.6. The molecule has 1 atom stereocenters. The number of carbonyl (C=O) groups is 1. The number of hydrogen-bond donors (Lipinski definition) is 0. The smallest absolute Gasteiger partial charge is 0.183 e. The number of thiophene rings is 1. The third-order valence-corrected chi connectivity index (χ3v) is 5.07. The molecule has 21 heavy (non-hydrogen) atoms. The first kappa shape index (κ1) is 14.3. The van der Waals surface area contributed by atoms with Crippen molar-refractivity contribution in [1.82, 2.24) is 0 Å². The van der Waals surface area contributed by atoms with Gasteiger partial charge < -0.3 is 4.90 Å². The number of rotatable bonds is 3. The van der Waals surface area contributed by atoms with Gasteiger partial charge in [0.05, 0.1) is 6.54 Å². The van der Waals surface area contributed by atoms with Crippen LogP contribution in [0.15, 0.2) is 30.3 Å². The summed E-state index contributed by atoms with van der Waals surface area (Å²) in [4.78, 5) is 17.2. The Balaban J connectivity index is 1.85. The molecule has 1 aromatic carbocycles. The molecule has 0 fully saturated rings. The van der Waals surface area contributed by atoms with E-state index >= 15 is 0 Å². The Bertz CT molecular complexity index is 674. The molecule has 0 saturated carbocycles. The minimum atomic E-state index is 0.237. The lowest BCUT2D eigenvalue weighted by molar-refractivity contribution is 0.0998. The summed E-state index contributed by atoms with van der Waals surface area (Å²) in [5.74, 6) is 0.832. The summed E-state index contributed by atoms with van der Waals surface area (Å²) in [6.45, 7) is 7.81. The lowest BCUT2D eigenvalue weighted by Gasteiger charge is -2.34. The molecule has 0 aliphatic carbocycles. The van der Waals surface area contributed by atoms with E-state index in [2.05, 4.69) is 43.0 Å². The zero-order valence-electron chi connectivity index (χ0n) is 12.8. The molecule has 1 aromatic heterocycles. The molecule has 0 N–H and O–H groups in total. The molecule has 0 saturated heterocycles. The Labute approximate surface area is 130 Å². The molecule has 2 aromatic rings. The van der Waals surface area contributed by atoms with Crippen LogP contribution in [0.25, 0.3) is 0 Å². The largest absolute Gasteiger partial charge is 0.363 e. The van der Waals surface area contributed by atoms with Crippen LogP contribution in [-0.4, -0.2) is 18.9 Å². The third-order valence-electron chi connectivity index (χ3n) is 4.11. The van der Waals surface area contributed by atoms with E-state index in [0.29, 0.717) is 12.5 Å². The van der Waals surface area contributed by atoms with E-state index in [4.69, 9.17) is 0 Å². The van der Waals surface area contributed by atoms with Gasteiger partial charge in [-0.05, 0) is 43.9 Å². The average molecular weight is 299 g/mol. The van der Waals surface area contributed by atoms with Crippen LogP contribution in [0.3, 0.4) is 0 Å². The van der Waals surface area contributed by atoms with Crippen molar-refractivity contribution < 1.29 is 4.79 Å². The number of anilines is 1. The van der Waals surface area contributed by atoms with Gasteiger partial charge in [-0.2, -0.15) is 0 Å². The minimum absolute atomic E-state index is 0.237. The Kier molecular flexibility index (Phi) is 3.85. The molecular formula is C18H21NOS. The van der Waals surface area contributed by atoms with Gasteiger partial charge >= 0.3 is 0 Å². The van der Waals surface area contributed by atoms with Crippen LogP contribution in [0, 0.1) is 19.8 Å². The Morgan fingerprint density at radius 3 is 2.81 bits per heavy atom. The second-order valence-corrected chi connectivity index (χ2v) is 7.53. The maximum Gasteiger partial charge on any atom is 0.183 e. The molecule has 1 aliphatic heterocycles. The lowest BCUT2D eigenvalue weighted by Crippen LogP contribution is -2.38. The fourth-order valence-corrected chi connectivity index (χ4v) is 4.16. The van der Waals surface area contributed by atoms with Crippen molar-refractivity contribution in [3.8, 4) is 0 Å². The van der Waals surface area contributed by atoms with Crippen LogP contribution in [-0.2, 0) is 6.42 Å². The van der Waals surface area contributed by atoms with Gasteiger partial charge in [0.1, 0.15) is 0 Å². The summed E-state index contributed by atoms with van der Waals surface area (Å²) in [7, 11) is 0. The molecule has 0 spiro atoms. The number of aryl methyl sites for hydroxylation is 2. The predicted molar refractivity (Wildman–Crippen MR) is 89.6 cm³/mol. The zero-order valence-corrected chi connectivity index (χ0v) is 13.7. The SMILES string of the molecule is Cc1cc(C(=O)CN2CC(C)Cc3ccccc32)c(C)s1. The van der Waals surface area contributed by atoms with Crippen LogP contribution in [0.4, 0.5) is 5.69 Å². The van der Waals surface area contributed by atoms with Gasteiger partial charge in [0.2, 0.25) is 0 Å². The van der Waals surface area contributed by atoms with Gasteiger partial charge in [-0.15, -0.1) is 11.3 Å². The zero-order chi connectivity index (χ0) is 15.0. The second-order valence-electron chi connectivity index (χ2n) is 6.07. The van der Waals surface area contributed by atoms with Gasteiger partial charge in [-0.3, -0.25) is 4.79 Å². The monoisotopic (exact) mass is 299 g/mol. The van der Waals surface area contributed by atoms with Crippen LogP contribution in [0.5, 0.6) is 0 Å². The molecule has 0 radical (unpaired) electrons. The van der Waals surface area contributed by atoms with Gasteiger partial charge in [-0.1, -0.05) is 25.1 Å². The van der Waals surface area contributed by atoms with E-state index in [1.165, 1.54) is 16.1 Å². The van der Waals surface area contributed by atoms with Crippen LogP contribution in [0.1, 0.15) is 32.6 Å². The van der Waals surface area contributed by atoms with Gasteiger partial charge in [-0.25, -0.2) is 0 Å². The quantitative estimate of drug-likeness (QED) is 0.790. The average Bonchev–Trinajstić information content (AvgIpc) is 2.77. The number of carbonyl (C=O) groups excluding carboxylic acids is 1. The van der Waals surface area contributed by atoms with Crippen molar-refractivity contribution in [3.05, 3.63) is 51.2 Å². The number of hydrogen-bond acceptors (Lipinski definition) is 3. The van der Waals surface area contributed by atoms with Crippen molar-refractivity contribution >= 4 is 22.8 Å². The fourth-order valence-electron chi connectivity index (χ4n) is 3.22. The van der Waals surface area contributed by atoms with Gasteiger partial charge in [0, 0.05) is 27.5 Å². The summed E-state index contributed by atoms with van der Waals surface area (Å²) in [5.41, 5.74) is 3.49. The van der Waals surface area contributed by atoms with E-state index in [1.54, 1.807) is 11.3 Å². The summed E-state index contributed by atoms with van der Waals surface area (Å²) >= 11 is 1.71. The van der Waals surface area contributed by atoms with E-state index in [0.717, 1.165) is 23.4 Å². The molecule has 2 heterocycles. The molecule has 0 amide bonds. The number of fused-ring (bicyclic) bond motifs is 1. The number of ketones is 1. The Hall–Kier alpha value is -1.61. The molecule has 1 unspecified atom stereocenters. The maximum atomic E-state index is 12.6. The molecule has 2 nitrogen and oxygen atoms in total. The highest BCUT2D eigenvalue weighted by Crippen LogP contribution is 2.30. The Morgan fingerprint density at radius 1 is 1.33 bits per heavy atom. The molecule has 110 valence electrons. The van der Waals surface area contributed by atoms with Crippen molar-refractivity contribution in [1.29, 1.82) is 0 Å². The first-order valence-electron chi connectivity index (χ1n) is 7.47. The van der Waals surface area contributed by atoms with E-state index < -0.39 is 0 Å². The van der Waals surface area contributed by atoms with Gasteiger partial charge in [0.15, 0.2) is 5.78 Å². The topological polar surface area (TPSA) is 20.3 Å². The highest BCUT2D eigenvalue weighted by atomic mass is 32.1. The highest BCUT2D eigenvalue weighted by molar-refractivity contribution is 7.12. The molecule has 3 rings (SSSR count). The fraction of sp³-hybridized carbons (Fsp3) is 0.389.